The first kappa shape index (κ1) is 20.0. The molecule has 8 heteroatoms. The molecule has 2 aliphatic heterocycles. The number of thioether (sulfide) groups is 1. The van der Waals surface area contributed by atoms with Gasteiger partial charge in [-0.3, -0.25) is 9.59 Å². The number of nitrogens with two attached hydrogens (primary N) is 1. The van der Waals surface area contributed by atoms with Gasteiger partial charge in [0.25, 0.3) is 5.91 Å². The van der Waals surface area contributed by atoms with Gasteiger partial charge in [-0.05, 0) is 44.0 Å². The van der Waals surface area contributed by atoms with Crippen LogP contribution < -0.4 is 11.1 Å². The normalized spacial score (nSPS) is 17.5. The number of hydrogen-bond donors (Lipinski definition) is 2. The van der Waals surface area contributed by atoms with Gasteiger partial charge in [-0.15, -0.1) is 24.2 Å². The minimum atomic E-state index is -0.0208. The third-order valence-corrected chi connectivity index (χ3v) is 5.36. The Morgan fingerprint density at radius 1 is 1.36 bits per heavy atom. The van der Waals surface area contributed by atoms with Crippen molar-refractivity contribution in [2.75, 3.05) is 37.3 Å². The topological polar surface area (TPSA) is 84.7 Å². The Balaban J connectivity index is 0.00000225. The van der Waals surface area contributed by atoms with E-state index in [1.807, 2.05) is 17.0 Å². The Hall–Kier alpha value is -1.28. The fourth-order valence-electron chi connectivity index (χ4n) is 2.96. The Morgan fingerprint density at radius 3 is 2.84 bits per heavy atom. The highest BCUT2D eigenvalue weighted by Gasteiger charge is 2.25. The molecule has 1 saturated heterocycles. The predicted molar refractivity (Wildman–Crippen MR) is 102 cm³/mol. The number of hydrogen-bond acceptors (Lipinski definition) is 5. The van der Waals surface area contributed by atoms with E-state index in [2.05, 4.69) is 5.32 Å². The van der Waals surface area contributed by atoms with Crippen LogP contribution in [0.4, 0.5) is 5.69 Å². The van der Waals surface area contributed by atoms with Crippen molar-refractivity contribution >= 4 is 41.7 Å². The van der Waals surface area contributed by atoms with Crippen LogP contribution >= 0.6 is 24.2 Å². The minimum Gasteiger partial charge on any atom is -0.378 e. The number of halogens is 1. The van der Waals surface area contributed by atoms with Gasteiger partial charge in [0.15, 0.2) is 0 Å². The maximum Gasteiger partial charge on any atom is 0.253 e. The molecular formula is C17H24ClN3O3S. The van der Waals surface area contributed by atoms with E-state index in [1.165, 1.54) is 11.8 Å². The summed E-state index contributed by atoms with van der Waals surface area (Å²) in [5.41, 5.74) is 6.83. The van der Waals surface area contributed by atoms with Gasteiger partial charge in [0.05, 0.1) is 17.5 Å². The number of nitrogens with zero attached hydrogens (tertiary/aromatic N) is 1. The molecule has 2 heterocycles. The Morgan fingerprint density at radius 2 is 2.12 bits per heavy atom. The molecule has 0 bridgehead atoms. The van der Waals surface area contributed by atoms with E-state index in [0.29, 0.717) is 37.6 Å². The molecule has 6 nitrogen and oxygen atoms in total. The van der Waals surface area contributed by atoms with Crippen molar-refractivity contribution < 1.29 is 14.3 Å². The first-order valence-electron chi connectivity index (χ1n) is 8.35. The van der Waals surface area contributed by atoms with Gasteiger partial charge in [-0.25, -0.2) is 0 Å². The largest absolute Gasteiger partial charge is 0.378 e. The number of carbonyl (C=O) groups excluding carboxylic acids is 2. The SMILES string of the molecule is Cl.NCCCOC1CCN(C(=O)c2ccc3c(c2)NC(=O)CS3)CC1. The maximum atomic E-state index is 12.7. The number of carbonyl (C=O) groups is 2. The molecule has 25 heavy (non-hydrogen) atoms. The minimum absolute atomic E-state index is 0. The Kier molecular flexibility index (Phi) is 7.56. The molecule has 3 rings (SSSR count). The van der Waals surface area contributed by atoms with Crippen LogP contribution in [-0.2, 0) is 9.53 Å². The smallest absolute Gasteiger partial charge is 0.253 e. The summed E-state index contributed by atoms with van der Waals surface area (Å²) in [4.78, 5) is 27.1. The van der Waals surface area contributed by atoms with E-state index in [9.17, 15) is 9.59 Å². The van der Waals surface area contributed by atoms with E-state index in [4.69, 9.17) is 10.5 Å². The average Bonchev–Trinajstić information content (AvgIpc) is 2.61. The highest BCUT2D eigenvalue weighted by atomic mass is 35.5. The molecule has 3 N–H and O–H groups in total. The van der Waals surface area contributed by atoms with Crippen LogP contribution in [0.1, 0.15) is 29.6 Å². The summed E-state index contributed by atoms with van der Waals surface area (Å²) < 4.78 is 5.78. The lowest BCUT2D eigenvalue weighted by Crippen LogP contribution is -2.41. The second kappa shape index (κ2) is 9.43. The number of fused-ring (bicyclic) bond motifs is 1. The van der Waals surface area contributed by atoms with Crippen LogP contribution in [0.25, 0.3) is 0 Å². The van der Waals surface area contributed by atoms with E-state index in [0.717, 1.165) is 29.8 Å². The van der Waals surface area contributed by atoms with Crippen LogP contribution in [0.2, 0.25) is 0 Å². The van der Waals surface area contributed by atoms with Gasteiger partial charge >= 0.3 is 0 Å². The van der Waals surface area contributed by atoms with E-state index < -0.39 is 0 Å². The molecule has 0 atom stereocenters. The van der Waals surface area contributed by atoms with Crippen LogP contribution in [0.3, 0.4) is 0 Å². The summed E-state index contributed by atoms with van der Waals surface area (Å²) in [7, 11) is 0. The summed E-state index contributed by atoms with van der Waals surface area (Å²) >= 11 is 1.50. The van der Waals surface area contributed by atoms with Gasteiger partial charge in [0, 0.05) is 30.2 Å². The molecule has 1 aromatic rings. The molecule has 0 aromatic heterocycles. The molecule has 0 unspecified atom stereocenters. The van der Waals surface area contributed by atoms with E-state index >= 15 is 0 Å². The number of piperidine rings is 1. The molecule has 2 amide bonds. The number of rotatable bonds is 5. The third-order valence-electron chi connectivity index (χ3n) is 4.29. The lowest BCUT2D eigenvalue weighted by molar-refractivity contribution is -0.113. The van der Waals surface area contributed by atoms with Gasteiger partial charge in [0.2, 0.25) is 5.91 Å². The lowest BCUT2D eigenvalue weighted by Gasteiger charge is -2.32. The number of amides is 2. The molecular weight excluding hydrogens is 362 g/mol. The summed E-state index contributed by atoms with van der Waals surface area (Å²) in [5.74, 6) is 0.424. The highest BCUT2D eigenvalue weighted by Crippen LogP contribution is 2.32. The van der Waals surface area contributed by atoms with Crippen molar-refractivity contribution in [1.29, 1.82) is 0 Å². The fourth-order valence-corrected chi connectivity index (χ4v) is 3.75. The van der Waals surface area contributed by atoms with E-state index in [1.54, 1.807) is 6.07 Å². The van der Waals surface area contributed by atoms with Crippen molar-refractivity contribution in [3.63, 3.8) is 0 Å². The Labute approximate surface area is 158 Å². The van der Waals surface area contributed by atoms with Crippen molar-refractivity contribution in [3.8, 4) is 0 Å². The van der Waals surface area contributed by atoms with E-state index in [-0.39, 0.29) is 30.3 Å². The summed E-state index contributed by atoms with van der Waals surface area (Å²) in [6, 6.07) is 5.54. The second-order valence-corrected chi connectivity index (χ2v) is 7.07. The van der Waals surface area contributed by atoms with Gasteiger partial charge < -0.3 is 20.7 Å². The zero-order valence-corrected chi connectivity index (χ0v) is 15.7. The molecule has 0 aliphatic carbocycles. The zero-order valence-electron chi connectivity index (χ0n) is 14.0. The first-order valence-corrected chi connectivity index (χ1v) is 9.33. The fraction of sp³-hybridized carbons (Fsp3) is 0.529. The standard InChI is InChI=1S/C17H23N3O3S.ClH/c18-6-1-9-23-13-4-7-20(8-5-13)17(22)12-2-3-15-14(10-12)19-16(21)11-24-15;/h2-3,10,13H,1,4-9,11,18H2,(H,19,21);1H. The van der Waals surface area contributed by atoms with Crippen LogP contribution in [-0.4, -0.2) is 54.8 Å². The van der Waals surface area contributed by atoms with Crippen molar-refractivity contribution in [2.45, 2.75) is 30.3 Å². The van der Waals surface area contributed by atoms with Crippen LogP contribution in [0.5, 0.6) is 0 Å². The molecule has 0 radical (unpaired) electrons. The third kappa shape index (κ3) is 5.10. The first-order chi connectivity index (χ1) is 11.7. The summed E-state index contributed by atoms with van der Waals surface area (Å²) in [6.45, 7) is 2.73. The van der Waals surface area contributed by atoms with Crippen LogP contribution in [0.15, 0.2) is 23.1 Å². The molecule has 1 fully saturated rings. The van der Waals surface area contributed by atoms with Gasteiger partial charge in [-0.2, -0.15) is 0 Å². The number of ether oxygens (including phenoxy) is 1. The van der Waals surface area contributed by atoms with Gasteiger partial charge in [0.1, 0.15) is 0 Å². The number of benzene rings is 1. The monoisotopic (exact) mass is 385 g/mol. The predicted octanol–water partition coefficient (Wildman–Crippen LogP) is 2.12. The average molecular weight is 386 g/mol. The molecule has 2 aliphatic rings. The Bertz CT molecular complexity index is 621. The van der Waals surface area contributed by atoms with Crippen molar-refractivity contribution in [1.82, 2.24) is 4.90 Å². The number of anilines is 1. The summed E-state index contributed by atoms with van der Waals surface area (Å²) in [6.07, 6.45) is 2.81. The molecule has 0 saturated carbocycles. The maximum absolute atomic E-state index is 12.7. The van der Waals surface area contributed by atoms with Crippen molar-refractivity contribution in [3.05, 3.63) is 23.8 Å². The number of likely N-dealkylation sites (tertiary alicyclic amines) is 1. The molecule has 0 spiro atoms. The second-order valence-electron chi connectivity index (χ2n) is 6.05. The van der Waals surface area contributed by atoms with Crippen molar-refractivity contribution in [2.24, 2.45) is 5.73 Å². The molecule has 1 aromatic carbocycles. The zero-order chi connectivity index (χ0) is 16.9. The highest BCUT2D eigenvalue weighted by molar-refractivity contribution is 8.00. The summed E-state index contributed by atoms with van der Waals surface area (Å²) in [5, 5.41) is 2.83. The van der Waals surface area contributed by atoms with Crippen LogP contribution in [0, 0.1) is 0 Å². The quantitative estimate of drug-likeness (QED) is 0.758. The van der Waals surface area contributed by atoms with Gasteiger partial charge in [-0.1, -0.05) is 0 Å². The molecule has 138 valence electrons. The lowest BCUT2D eigenvalue weighted by atomic mass is 10.1. The number of nitrogens with one attached hydrogen (secondary N) is 1.